The molecule has 2 aromatic carbocycles. The summed E-state index contributed by atoms with van der Waals surface area (Å²) in [7, 11) is 0. The maximum atomic E-state index is 13.6. The lowest BCUT2D eigenvalue weighted by atomic mass is 9.97. The van der Waals surface area contributed by atoms with Crippen LogP contribution in [0.3, 0.4) is 0 Å². The Morgan fingerprint density at radius 2 is 1.83 bits per heavy atom. The molecule has 0 bridgehead atoms. The molecule has 4 heteroatoms. The molecule has 0 heterocycles. The molecule has 3 nitrogen and oxygen atoms in total. The van der Waals surface area contributed by atoms with E-state index < -0.39 is 0 Å². The monoisotopic (exact) mass is 312 g/mol. The lowest BCUT2D eigenvalue weighted by Gasteiger charge is -2.22. The summed E-state index contributed by atoms with van der Waals surface area (Å²) in [5.41, 5.74) is 7.59. The summed E-state index contributed by atoms with van der Waals surface area (Å²) in [6, 6.07) is 15.8. The van der Waals surface area contributed by atoms with Gasteiger partial charge in [0.1, 0.15) is 5.82 Å². The van der Waals surface area contributed by atoms with Crippen LogP contribution < -0.4 is 11.1 Å². The van der Waals surface area contributed by atoms with Crippen molar-refractivity contribution in [3.8, 4) is 0 Å². The lowest BCUT2D eigenvalue weighted by Crippen LogP contribution is -2.34. The molecule has 23 heavy (non-hydrogen) atoms. The number of nitrogens with one attached hydrogen (secondary N) is 1. The number of nitrogens with two attached hydrogens (primary N) is 1. The van der Waals surface area contributed by atoms with E-state index in [0.717, 1.165) is 30.4 Å². The third kappa shape index (κ3) is 3.77. The summed E-state index contributed by atoms with van der Waals surface area (Å²) in [5.74, 6) is -0.360. The summed E-state index contributed by atoms with van der Waals surface area (Å²) in [6.45, 7) is 0. The number of carbonyl (C=O) groups is 1. The number of carbonyl (C=O) groups excluding carboxylic acids is 1. The van der Waals surface area contributed by atoms with Gasteiger partial charge in [-0.05, 0) is 42.5 Å². The Labute approximate surface area is 135 Å². The van der Waals surface area contributed by atoms with Gasteiger partial charge >= 0.3 is 0 Å². The van der Waals surface area contributed by atoms with E-state index in [4.69, 9.17) is 5.73 Å². The third-order valence-corrected chi connectivity index (χ3v) is 4.45. The van der Waals surface area contributed by atoms with Crippen LogP contribution in [-0.4, -0.2) is 11.9 Å². The van der Waals surface area contributed by atoms with Gasteiger partial charge in [-0.2, -0.15) is 0 Å². The van der Waals surface area contributed by atoms with Crippen molar-refractivity contribution in [1.82, 2.24) is 5.32 Å². The van der Waals surface area contributed by atoms with E-state index in [-0.39, 0.29) is 29.7 Å². The number of benzene rings is 2. The van der Waals surface area contributed by atoms with Gasteiger partial charge in [-0.25, -0.2) is 4.39 Å². The Kier molecular flexibility index (Phi) is 4.72. The van der Waals surface area contributed by atoms with Crippen molar-refractivity contribution in [3.63, 3.8) is 0 Å². The fourth-order valence-corrected chi connectivity index (χ4v) is 3.21. The SMILES string of the molecule is NC1CCC(C(=O)NC(c2ccccc2)c2cccc(F)c2)C1. The van der Waals surface area contributed by atoms with Crippen LogP contribution in [0.2, 0.25) is 0 Å². The Balaban J connectivity index is 1.85. The van der Waals surface area contributed by atoms with Gasteiger partial charge in [-0.15, -0.1) is 0 Å². The standard InChI is InChI=1S/C19H21FN2O/c20-16-8-4-7-14(11-16)18(13-5-2-1-3-6-13)22-19(23)15-9-10-17(21)12-15/h1-8,11,15,17-18H,9-10,12,21H2,(H,22,23). The Bertz CT molecular complexity index is 674. The molecule has 3 unspecified atom stereocenters. The zero-order chi connectivity index (χ0) is 16.2. The van der Waals surface area contributed by atoms with Crippen molar-refractivity contribution in [2.24, 2.45) is 11.7 Å². The van der Waals surface area contributed by atoms with Gasteiger partial charge in [0.25, 0.3) is 0 Å². The Morgan fingerprint density at radius 1 is 1.09 bits per heavy atom. The number of hydrogen-bond donors (Lipinski definition) is 2. The predicted molar refractivity (Wildman–Crippen MR) is 88.1 cm³/mol. The van der Waals surface area contributed by atoms with Crippen molar-refractivity contribution < 1.29 is 9.18 Å². The molecule has 3 rings (SSSR count). The van der Waals surface area contributed by atoms with Crippen LogP contribution in [0.25, 0.3) is 0 Å². The maximum absolute atomic E-state index is 13.6. The number of rotatable bonds is 4. The van der Waals surface area contributed by atoms with Crippen molar-refractivity contribution in [2.45, 2.75) is 31.3 Å². The summed E-state index contributed by atoms with van der Waals surface area (Å²) in [5, 5.41) is 3.08. The zero-order valence-corrected chi connectivity index (χ0v) is 12.9. The second-order valence-corrected chi connectivity index (χ2v) is 6.18. The number of halogens is 1. The average Bonchev–Trinajstić information content (AvgIpc) is 3.00. The first-order valence-electron chi connectivity index (χ1n) is 8.00. The minimum atomic E-state index is -0.351. The summed E-state index contributed by atoms with van der Waals surface area (Å²) in [6.07, 6.45) is 2.42. The normalized spacial score (nSPS) is 21.8. The fraction of sp³-hybridized carbons (Fsp3) is 0.316. The highest BCUT2D eigenvalue weighted by Crippen LogP contribution is 2.27. The maximum Gasteiger partial charge on any atom is 0.223 e. The topological polar surface area (TPSA) is 55.1 Å². The first-order valence-corrected chi connectivity index (χ1v) is 8.00. The first-order chi connectivity index (χ1) is 11.1. The molecule has 2 aromatic rings. The van der Waals surface area contributed by atoms with Crippen LogP contribution in [0.15, 0.2) is 54.6 Å². The smallest absolute Gasteiger partial charge is 0.223 e. The van der Waals surface area contributed by atoms with Gasteiger partial charge < -0.3 is 11.1 Å². The molecule has 3 atom stereocenters. The highest BCUT2D eigenvalue weighted by Gasteiger charge is 2.29. The molecular weight excluding hydrogens is 291 g/mol. The minimum Gasteiger partial charge on any atom is -0.345 e. The number of amides is 1. The van der Waals surface area contributed by atoms with Gasteiger partial charge in [0.05, 0.1) is 6.04 Å². The third-order valence-electron chi connectivity index (χ3n) is 4.45. The molecular formula is C19H21FN2O. The van der Waals surface area contributed by atoms with Crippen LogP contribution in [-0.2, 0) is 4.79 Å². The lowest BCUT2D eigenvalue weighted by molar-refractivity contribution is -0.125. The first kappa shape index (κ1) is 15.7. The fourth-order valence-electron chi connectivity index (χ4n) is 3.21. The van der Waals surface area contributed by atoms with Crippen LogP contribution in [0.5, 0.6) is 0 Å². The molecule has 0 radical (unpaired) electrons. The average molecular weight is 312 g/mol. The van der Waals surface area contributed by atoms with Crippen LogP contribution in [0.1, 0.15) is 36.4 Å². The second-order valence-electron chi connectivity index (χ2n) is 6.18. The predicted octanol–water partition coefficient (Wildman–Crippen LogP) is 3.16. The van der Waals surface area contributed by atoms with Crippen molar-refractivity contribution in [1.29, 1.82) is 0 Å². The van der Waals surface area contributed by atoms with Crippen molar-refractivity contribution >= 4 is 5.91 Å². The van der Waals surface area contributed by atoms with Crippen LogP contribution in [0, 0.1) is 11.7 Å². The van der Waals surface area contributed by atoms with E-state index in [1.54, 1.807) is 6.07 Å². The Morgan fingerprint density at radius 3 is 2.48 bits per heavy atom. The van der Waals surface area contributed by atoms with E-state index in [2.05, 4.69) is 5.32 Å². The molecule has 0 aromatic heterocycles. The zero-order valence-electron chi connectivity index (χ0n) is 12.9. The molecule has 1 fully saturated rings. The molecule has 120 valence electrons. The molecule has 0 saturated heterocycles. The van der Waals surface area contributed by atoms with E-state index in [0.29, 0.717) is 0 Å². The minimum absolute atomic E-state index is 0.00364. The van der Waals surface area contributed by atoms with Gasteiger partial charge in [0, 0.05) is 12.0 Å². The van der Waals surface area contributed by atoms with E-state index in [9.17, 15) is 9.18 Å². The summed E-state index contributed by atoms with van der Waals surface area (Å²) in [4.78, 5) is 12.6. The van der Waals surface area contributed by atoms with Crippen LogP contribution >= 0.6 is 0 Å². The summed E-state index contributed by atoms with van der Waals surface area (Å²) < 4.78 is 13.6. The highest BCUT2D eigenvalue weighted by atomic mass is 19.1. The molecule has 3 N–H and O–H groups in total. The van der Waals surface area contributed by atoms with Gasteiger partial charge in [0.2, 0.25) is 5.91 Å². The van der Waals surface area contributed by atoms with Gasteiger partial charge in [-0.3, -0.25) is 4.79 Å². The molecule has 0 spiro atoms. The van der Waals surface area contributed by atoms with Gasteiger partial charge in [0.15, 0.2) is 0 Å². The van der Waals surface area contributed by atoms with E-state index in [1.165, 1.54) is 12.1 Å². The van der Waals surface area contributed by atoms with Gasteiger partial charge in [-0.1, -0.05) is 42.5 Å². The number of hydrogen-bond acceptors (Lipinski definition) is 2. The molecule has 1 amide bonds. The second kappa shape index (κ2) is 6.92. The molecule has 0 aliphatic heterocycles. The molecule has 1 aliphatic rings. The largest absolute Gasteiger partial charge is 0.345 e. The summed E-state index contributed by atoms with van der Waals surface area (Å²) >= 11 is 0. The van der Waals surface area contributed by atoms with Crippen LogP contribution in [0.4, 0.5) is 4.39 Å². The van der Waals surface area contributed by atoms with Crippen molar-refractivity contribution in [3.05, 3.63) is 71.5 Å². The van der Waals surface area contributed by atoms with E-state index >= 15 is 0 Å². The molecule has 1 aliphatic carbocycles. The quantitative estimate of drug-likeness (QED) is 0.911. The van der Waals surface area contributed by atoms with Crippen molar-refractivity contribution in [2.75, 3.05) is 0 Å². The Hall–Kier alpha value is -2.20. The van der Waals surface area contributed by atoms with E-state index in [1.807, 2.05) is 36.4 Å². The molecule has 1 saturated carbocycles. The highest BCUT2D eigenvalue weighted by molar-refractivity contribution is 5.80.